The summed E-state index contributed by atoms with van der Waals surface area (Å²) in [6.45, 7) is 2.56. The van der Waals surface area contributed by atoms with Gasteiger partial charge in [-0.15, -0.1) is 0 Å². The minimum absolute atomic E-state index is 0.0544. The van der Waals surface area contributed by atoms with Crippen molar-refractivity contribution in [1.29, 1.82) is 0 Å². The molecule has 1 aliphatic heterocycles. The van der Waals surface area contributed by atoms with Crippen molar-refractivity contribution in [3.63, 3.8) is 0 Å². The third-order valence-corrected chi connectivity index (χ3v) is 1.66. The molecule has 1 fully saturated rings. The van der Waals surface area contributed by atoms with Gasteiger partial charge in [-0.2, -0.15) is 0 Å². The molecule has 0 saturated carbocycles. The number of nitrogens with zero attached hydrogens (tertiary/aromatic N) is 2. The van der Waals surface area contributed by atoms with Crippen LogP contribution in [0.3, 0.4) is 0 Å². The molecule has 6 heteroatoms. The standard InChI is InChI=1S/C4H12N3O3/c1-4-7(3)5(2)9-6(8)10-7/h6H,4H2,1-3H3/q+1. The molecule has 6 nitrogen and oxygen atoms in total. The maximum Gasteiger partial charge on any atom is 0.134 e. The fraction of sp³-hybridized carbons (Fsp3) is 1.00. The van der Waals surface area contributed by atoms with Crippen molar-refractivity contribution in [2.45, 2.75) is 6.92 Å². The van der Waals surface area contributed by atoms with Crippen LogP contribution in [-0.2, 0) is 9.88 Å². The lowest BCUT2D eigenvalue weighted by Gasteiger charge is -2.19. The largest absolute Gasteiger partial charge is 0.560 e. The zero-order valence-electron chi connectivity index (χ0n) is 6.33. The maximum absolute atomic E-state index is 10.5. The summed E-state index contributed by atoms with van der Waals surface area (Å²) in [5, 5.41) is 11.2. The fourth-order valence-corrected chi connectivity index (χ4v) is 0.693. The van der Waals surface area contributed by atoms with Crippen LogP contribution in [0.2, 0.25) is 0 Å². The first kappa shape index (κ1) is 7.86. The minimum atomic E-state index is -0.646. The lowest BCUT2D eigenvalue weighted by molar-refractivity contribution is -1.33. The van der Waals surface area contributed by atoms with Crippen LogP contribution in [0, 0.1) is 5.21 Å². The quantitative estimate of drug-likeness (QED) is 0.361. The molecule has 60 valence electrons. The van der Waals surface area contributed by atoms with Gasteiger partial charge in [0.2, 0.25) is 0 Å². The van der Waals surface area contributed by atoms with Crippen molar-refractivity contribution in [3.05, 3.63) is 5.21 Å². The molecule has 1 heterocycles. The Morgan fingerprint density at radius 3 is 2.50 bits per heavy atom. The second-order valence-electron chi connectivity index (χ2n) is 2.26. The number of hydrogen-bond acceptors (Lipinski definition) is 4. The Hall–Kier alpha value is -0.240. The molecule has 1 aliphatic rings. The molecule has 2 unspecified atom stereocenters. The zero-order valence-corrected chi connectivity index (χ0v) is 6.33. The summed E-state index contributed by atoms with van der Waals surface area (Å²) in [6.07, 6.45) is 0. The molecule has 2 atom stereocenters. The lowest BCUT2D eigenvalue weighted by atomic mass is 10.7. The molecule has 0 radical (unpaired) electrons. The lowest BCUT2D eigenvalue weighted by Crippen LogP contribution is -3.03. The zero-order chi connectivity index (χ0) is 7.78. The van der Waals surface area contributed by atoms with E-state index in [1.54, 1.807) is 14.1 Å². The van der Waals surface area contributed by atoms with Crippen LogP contribution in [0.15, 0.2) is 0 Å². The molecule has 10 heavy (non-hydrogen) atoms. The minimum Gasteiger partial charge on any atom is -0.560 e. The van der Waals surface area contributed by atoms with Crippen LogP contribution in [0.25, 0.3) is 0 Å². The highest BCUT2D eigenvalue weighted by molar-refractivity contribution is 4.05. The van der Waals surface area contributed by atoms with Crippen molar-refractivity contribution >= 4 is 0 Å². The Kier molecular flexibility index (Phi) is 1.90. The smallest absolute Gasteiger partial charge is 0.134 e. The summed E-state index contributed by atoms with van der Waals surface area (Å²) in [5.41, 5.74) is 0. The van der Waals surface area contributed by atoms with E-state index in [1.807, 2.05) is 6.92 Å². The van der Waals surface area contributed by atoms with E-state index in [4.69, 9.17) is 4.94 Å². The van der Waals surface area contributed by atoms with Gasteiger partial charge < -0.3 is 5.21 Å². The first-order valence-corrected chi connectivity index (χ1v) is 3.10. The van der Waals surface area contributed by atoms with E-state index in [0.29, 0.717) is 6.54 Å². The molecular weight excluding hydrogens is 138 g/mol. The van der Waals surface area contributed by atoms with E-state index < -0.39 is 5.39 Å². The molecule has 1 saturated heterocycles. The Balaban J connectivity index is 2.61. The molecule has 1 rings (SSSR count). The normalized spacial score (nSPS) is 42.6. The van der Waals surface area contributed by atoms with Crippen LogP contribution >= 0.6 is 0 Å². The summed E-state index contributed by atoms with van der Waals surface area (Å²) in [4.78, 5) is 9.42. The van der Waals surface area contributed by atoms with Gasteiger partial charge in [-0.05, 0) is 16.6 Å². The van der Waals surface area contributed by atoms with Crippen LogP contribution in [0.5, 0.6) is 0 Å². The van der Waals surface area contributed by atoms with Gasteiger partial charge in [0.05, 0.1) is 17.2 Å². The Morgan fingerprint density at radius 1 is 1.70 bits per heavy atom. The Labute approximate surface area is 59.1 Å². The highest BCUT2D eigenvalue weighted by Gasteiger charge is 2.43. The molecule has 0 spiro atoms. The fourth-order valence-electron chi connectivity index (χ4n) is 0.693. The number of quaternary nitrogens is 2. The predicted octanol–water partition coefficient (Wildman–Crippen LogP) is -1.61. The van der Waals surface area contributed by atoms with Gasteiger partial charge in [0, 0.05) is 5.39 Å². The van der Waals surface area contributed by atoms with E-state index in [9.17, 15) is 5.21 Å². The van der Waals surface area contributed by atoms with Crippen LogP contribution in [-0.4, -0.2) is 30.6 Å². The van der Waals surface area contributed by atoms with E-state index in [0.717, 1.165) is 0 Å². The van der Waals surface area contributed by atoms with Gasteiger partial charge >= 0.3 is 0 Å². The third-order valence-electron chi connectivity index (χ3n) is 1.66. The average Bonchev–Trinajstić information content (AvgIpc) is 2.09. The average molecular weight is 150 g/mol. The summed E-state index contributed by atoms with van der Waals surface area (Å²) >= 11 is 0. The summed E-state index contributed by atoms with van der Waals surface area (Å²) < 4.78 is 0.0544. The van der Waals surface area contributed by atoms with Gasteiger partial charge in [0.1, 0.15) is 13.6 Å². The number of hydroxylamine groups is 3. The van der Waals surface area contributed by atoms with E-state index in [1.165, 1.54) is 5.17 Å². The summed E-state index contributed by atoms with van der Waals surface area (Å²) in [6, 6.07) is 0. The predicted molar refractivity (Wildman–Crippen MR) is 31.0 cm³/mol. The van der Waals surface area contributed by atoms with Gasteiger partial charge in [-0.25, -0.2) is 0 Å². The van der Waals surface area contributed by atoms with Gasteiger partial charge in [0.25, 0.3) is 0 Å². The highest BCUT2D eigenvalue weighted by atomic mass is 17.3. The van der Waals surface area contributed by atoms with Crippen molar-refractivity contribution < 1.29 is 20.0 Å². The van der Waals surface area contributed by atoms with E-state index in [2.05, 4.69) is 4.94 Å². The SMILES string of the molecule is CC[N+]1(C)O[NH+]([O-])ON1C. The van der Waals surface area contributed by atoms with Crippen molar-refractivity contribution in [2.75, 3.05) is 20.6 Å². The Morgan fingerprint density at radius 2 is 2.30 bits per heavy atom. The molecule has 0 aromatic carbocycles. The molecule has 0 bridgehead atoms. The first-order chi connectivity index (χ1) is 4.58. The van der Waals surface area contributed by atoms with Crippen LogP contribution < -0.4 is 5.39 Å². The van der Waals surface area contributed by atoms with Crippen molar-refractivity contribution in [2.24, 2.45) is 0 Å². The van der Waals surface area contributed by atoms with Gasteiger partial charge in [0.15, 0.2) is 0 Å². The van der Waals surface area contributed by atoms with Gasteiger partial charge in [-0.1, -0.05) is 0 Å². The third kappa shape index (κ3) is 1.12. The van der Waals surface area contributed by atoms with E-state index in [-0.39, 0.29) is 4.76 Å². The van der Waals surface area contributed by atoms with E-state index >= 15 is 0 Å². The molecule has 0 aromatic rings. The second-order valence-corrected chi connectivity index (χ2v) is 2.26. The topological polar surface area (TPSA) is 49.2 Å². The molecule has 0 aromatic heterocycles. The molecule has 1 N–H and O–H groups in total. The van der Waals surface area contributed by atoms with Crippen LogP contribution in [0.1, 0.15) is 6.92 Å². The van der Waals surface area contributed by atoms with Crippen molar-refractivity contribution in [3.8, 4) is 0 Å². The number of nitrogens with one attached hydrogen (secondary N) is 1. The van der Waals surface area contributed by atoms with Crippen molar-refractivity contribution in [1.82, 2.24) is 5.17 Å². The van der Waals surface area contributed by atoms with Crippen LogP contribution in [0.4, 0.5) is 0 Å². The molecular formula is C4H12N3O3+. The number of hydrogen-bond donors (Lipinski definition) is 1. The highest BCUT2D eigenvalue weighted by Crippen LogP contribution is 2.07. The second kappa shape index (κ2) is 2.42. The Bertz CT molecular complexity index is 133. The molecule has 0 aliphatic carbocycles. The number of rotatable bonds is 1. The summed E-state index contributed by atoms with van der Waals surface area (Å²) in [7, 11) is 3.39. The maximum atomic E-state index is 10.5. The van der Waals surface area contributed by atoms with Gasteiger partial charge in [-0.3, -0.25) is 0 Å². The summed E-state index contributed by atoms with van der Waals surface area (Å²) in [5.74, 6) is 0. The monoisotopic (exact) mass is 150 g/mol. The molecule has 0 amide bonds. The first-order valence-electron chi connectivity index (χ1n) is 3.10.